The largest absolute Gasteiger partial charge is 0.399 e. The van der Waals surface area contributed by atoms with Gasteiger partial charge in [-0.15, -0.1) is 0 Å². The fourth-order valence-corrected chi connectivity index (χ4v) is 1.32. The third kappa shape index (κ3) is 7.00. The van der Waals surface area contributed by atoms with Crippen LogP contribution in [0.3, 0.4) is 0 Å². The Morgan fingerprint density at radius 2 is 2.29 bits per heavy atom. The zero-order chi connectivity index (χ0) is 15.5. The smallest absolute Gasteiger partial charge is 0.131 e. The van der Waals surface area contributed by atoms with E-state index in [2.05, 4.69) is 34.0 Å². The maximum absolute atomic E-state index is 5.72. The summed E-state index contributed by atoms with van der Waals surface area (Å²) < 4.78 is 0. The number of nitrogens with zero attached hydrogens (tertiary/aromatic N) is 4. The molecule has 0 saturated heterocycles. The van der Waals surface area contributed by atoms with Crippen molar-refractivity contribution in [1.82, 2.24) is 9.97 Å². The number of aromatic nitrogens is 2. The second-order valence-corrected chi connectivity index (χ2v) is 4.49. The molecule has 0 aliphatic carbocycles. The van der Waals surface area contributed by atoms with Gasteiger partial charge >= 0.3 is 0 Å². The lowest BCUT2D eigenvalue weighted by Gasteiger charge is -2.03. The highest BCUT2D eigenvalue weighted by Gasteiger charge is 2.02. The Morgan fingerprint density at radius 1 is 1.48 bits per heavy atom. The summed E-state index contributed by atoms with van der Waals surface area (Å²) >= 11 is 0. The van der Waals surface area contributed by atoms with E-state index in [0.717, 1.165) is 11.5 Å². The van der Waals surface area contributed by atoms with Gasteiger partial charge in [0.2, 0.25) is 0 Å². The minimum absolute atomic E-state index is 0.306. The summed E-state index contributed by atoms with van der Waals surface area (Å²) in [5, 5.41) is 3.56. The lowest BCUT2D eigenvalue weighted by atomic mass is 10.2. The van der Waals surface area contributed by atoms with E-state index < -0.39 is 0 Å². The van der Waals surface area contributed by atoms with Gasteiger partial charge in [-0.05, 0) is 25.1 Å². The zero-order valence-corrected chi connectivity index (χ0v) is 12.6. The third-order valence-electron chi connectivity index (χ3n) is 2.36. The van der Waals surface area contributed by atoms with E-state index >= 15 is 0 Å². The normalized spacial score (nSPS) is 13.0. The minimum atomic E-state index is 0.306. The van der Waals surface area contributed by atoms with Crippen molar-refractivity contribution in [2.45, 2.75) is 33.2 Å². The Morgan fingerprint density at radius 3 is 3.00 bits per heavy atom. The van der Waals surface area contributed by atoms with E-state index in [1.165, 1.54) is 6.26 Å². The van der Waals surface area contributed by atoms with Crippen LogP contribution in [0.1, 0.15) is 38.2 Å². The number of oxime groups is 1. The number of hydrogen-bond acceptors (Lipinski definition) is 6. The molecule has 21 heavy (non-hydrogen) atoms. The van der Waals surface area contributed by atoms with Crippen LogP contribution in [-0.2, 0) is 11.4 Å². The molecule has 0 saturated carbocycles. The molecule has 0 amide bonds. The molecule has 0 bridgehead atoms. The second kappa shape index (κ2) is 9.41. The maximum Gasteiger partial charge on any atom is 0.131 e. The Balaban J connectivity index is 2.50. The second-order valence-electron chi connectivity index (χ2n) is 4.49. The summed E-state index contributed by atoms with van der Waals surface area (Å²) in [6.07, 6.45) is 9.62. The molecule has 6 heteroatoms. The van der Waals surface area contributed by atoms with Gasteiger partial charge in [-0.3, -0.25) is 4.99 Å². The van der Waals surface area contributed by atoms with Crippen LogP contribution < -0.4 is 5.73 Å². The highest BCUT2D eigenvalue weighted by Crippen LogP contribution is 2.08. The maximum atomic E-state index is 5.72. The molecule has 6 nitrogen and oxygen atoms in total. The standard InChI is InChI=1S/C15H21N5O/c1-4-19-21-10-7-13(16)5-8-17-11-14-6-9-18-15(20-14)12(2)3/h4-10,12H,11,16H2,1-3H3/b10-7+,13-5?,17-8?,19-4+. The number of rotatable bonds is 7. The molecule has 0 fully saturated rings. The van der Waals surface area contributed by atoms with E-state index in [9.17, 15) is 0 Å². The Labute approximate surface area is 125 Å². The summed E-state index contributed by atoms with van der Waals surface area (Å²) in [5.41, 5.74) is 7.13. The van der Waals surface area contributed by atoms with Crippen LogP contribution in [0.5, 0.6) is 0 Å². The first-order valence-electron chi connectivity index (χ1n) is 6.71. The van der Waals surface area contributed by atoms with Gasteiger partial charge in [-0.25, -0.2) is 9.97 Å². The highest BCUT2D eigenvalue weighted by molar-refractivity contribution is 5.72. The molecule has 0 aliphatic rings. The first-order valence-corrected chi connectivity index (χ1v) is 6.71. The molecule has 0 spiro atoms. The molecule has 112 valence electrons. The Bertz CT molecular complexity index is 547. The summed E-state index contributed by atoms with van der Waals surface area (Å²) in [6.45, 7) is 6.37. The molecule has 1 heterocycles. The lowest BCUT2D eigenvalue weighted by molar-refractivity contribution is 0.270. The topological polar surface area (TPSA) is 85.8 Å². The molecule has 1 aromatic rings. The van der Waals surface area contributed by atoms with Crippen molar-refractivity contribution in [1.29, 1.82) is 0 Å². The Kier molecular flexibility index (Phi) is 7.42. The van der Waals surface area contributed by atoms with E-state index in [4.69, 9.17) is 10.6 Å². The van der Waals surface area contributed by atoms with Crippen molar-refractivity contribution in [2.75, 3.05) is 0 Å². The highest BCUT2D eigenvalue weighted by atomic mass is 16.6. The average molecular weight is 287 g/mol. The molecule has 0 radical (unpaired) electrons. The average Bonchev–Trinajstić information content (AvgIpc) is 2.48. The van der Waals surface area contributed by atoms with Gasteiger partial charge in [0, 0.05) is 30.2 Å². The summed E-state index contributed by atoms with van der Waals surface area (Å²) in [6, 6.07) is 1.85. The van der Waals surface area contributed by atoms with Crippen molar-refractivity contribution in [2.24, 2.45) is 15.9 Å². The van der Waals surface area contributed by atoms with E-state index in [1.54, 1.807) is 37.7 Å². The fraction of sp³-hybridized carbons (Fsp3) is 0.333. The lowest BCUT2D eigenvalue weighted by Crippen LogP contribution is -2.00. The van der Waals surface area contributed by atoms with Crippen LogP contribution in [0.15, 0.2) is 46.5 Å². The van der Waals surface area contributed by atoms with Gasteiger partial charge in [0.15, 0.2) is 0 Å². The number of hydrogen-bond donors (Lipinski definition) is 1. The van der Waals surface area contributed by atoms with Crippen molar-refractivity contribution in [3.05, 3.63) is 47.9 Å². The first kappa shape index (κ1) is 16.6. The SMILES string of the molecule is C/C=N/O/C=C/C(N)=CC=NCc1ccnc(C(C)C)n1. The van der Waals surface area contributed by atoms with Gasteiger partial charge in [-0.2, -0.15) is 0 Å². The van der Waals surface area contributed by atoms with Crippen LogP contribution in [0.2, 0.25) is 0 Å². The van der Waals surface area contributed by atoms with Crippen LogP contribution in [0, 0.1) is 0 Å². The number of nitrogens with two attached hydrogens (primary N) is 1. The molecule has 2 N–H and O–H groups in total. The van der Waals surface area contributed by atoms with Crippen LogP contribution in [0.25, 0.3) is 0 Å². The van der Waals surface area contributed by atoms with Crippen LogP contribution in [-0.4, -0.2) is 22.4 Å². The van der Waals surface area contributed by atoms with Crippen molar-refractivity contribution < 1.29 is 4.84 Å². The summed E-state index contributed by atoms with van der Waals surface area (Å²) in [7, 11) is 0. The van der Waals surface area contributed by atoms with Crippen LogP contribution >= 0.6 is 0 Å². The molecular formula is C15H21N5O. The van der Waals surface area contributed by atoms with Crippen molar-refractivity contribution >= 4 is 12.4 Å². The summed E-state index contributed by atoms with van der Waals surface area (Å²) in [5.74, 6) is 1.13. The zero-order valence-electron chi connectivity index (χ0n) is 12.6. The first-order chi connectivity index (χ1) is 10.1. The van der Waals surface area contributed by atoms with Gasteiger partial charge in [0.05, 0.1) is 12.2 Å². The predicted molar refractivity (Wildman–Crippen MR) is 85.0 cm³/mol. The van der Waals surface area contributed by atoms with E-state index in [1.807, 2.05) is 6.07 Å². The monoisotopic (exact) mass is 287 g/mol. The molecule has 0 aliphatic heterocycles. The van der Waals surface area contributed by atoms with Crippen molar-refractivity contribution in [3.8, 4) is 0 Å². The third-order valence-corrected chi connectivity index (χ3v) is 2.36. The van der Waals surface area contributed by atoms with Gasteiger partial charge < -0.3 is 10.6 Å². The van der Waals surface area contributed by atoms with Gasteiger partial charge in [-0.1, -0.05) is 19.0 Å². The van der Waals surface area contributed by atoms with Crippen LogP contribution in [0.4, 0.5) is 0 Å². The predicted octanol–water partition coefficient (Wildman–Crippen LogP) is 2.55. The minimum Gasteiger partial charge on any atom is -0.399 e. The molecule has 1 aromatic heterocycles. The number of aliphatic imine (C=N–C) groups is 1. The molecule has 0 atom stereocenters. The van der Waals surface area contributed by atoms with Gasteiger partial charge in [0.1, 0.15) is 12.1 Å². The fourth-order valence-electron chi connectivity index (χ4n) is 1.32. The van der Waals surface area contributed by atoms with Gasteiger partial charge in [0.25, 0.3) is 0 Å². The molecule has 1 rings (SSSR count). The van der Waals surface area contributed by atoms with E-state index in [0.29, 0.717) is 18.2 Å². The molecular weight excluding hydrogens is 266 g/mol. The quantitative estimate of drug-likeness (QED) is 0.361. The molecule has 0 aromatic carbocycles. The van der Waals surface area contributed by atoms with Crippen molar-refractivity contribution in [3.63, 3.8) is 0 Å². The summed E-state index contributed by atoms with van der Waals surface area (Å²) in [4.78, 5) is 17.7. The number of allylic oxidation sites excluding steroid dienone is 2. The van der Waals surface area contributed by atoms with E-state index in [-0.39, 0.29) is 0 Å². The Hall–Kier alpha value is -2.50. The molecule has 0 unspecified atom stereocenters.